The SMILES string of the molecule is CC(=O)Nc1cc(Sc2ccc(C(=O)N[C@H]3CN4CCC3CC4)cc2)ns1. The molecule has 2 bridgehead atoms. The third-order valence-electron chi connectivity index (χ3n) is 5.10. The third-order valence-corrected chi connectivity index (χ3v) is 6.85. The molecule has 4 heterocycles. The lowest BCUT2D eigenvalue weighted by Crippen LogP contribution is -2.57. The van der Waals surface area contributed by atoms with Crippen molar-refractivity contribution in [1.29, 1.82) is 0 Å². The van der Waals surface area contributed by atoms with Crippen LogP contribution in [0.15, 0.2) is 40.3 Å². The average Bonchev–Trinajstić information content (AvgIpc) is 3.09. The van der Waals surface area contributed by atoms with E-state index in [1.54, 1.807) is 0 Å². The van der Waals surface area contributed by atoms with Crippen molar-refractivity contribution in [3.8, 4) is 0 Å². The molecule has 3 aliphatic rings. The average molecular weight is 403 g/mol. The first kappa shape index (κ1) is 18.5. The Bertz CT molecular complexity index is 828. The minimum absolute atomic E-state index is 0.00639. The zero-order chi connectivity index (χ0) is 18.8. The van der Waals surface area contributed by atoms with Crippen molar-refractivity contribution >= 4 is 40.1 Å². The number of hydrogen-bond donors (Lipinski definition) is 2. The topological polar surface area (TPSA) is 74.3 Å². The van der Waals surface area contributed by atoms with Gasteiger partial charge in [0.1, 0.15) is 10.0 Å². The first-order chi connectivity index (χ1) is 13.1. The van der Waals surface area contributed by atoms with Crippen LogP contribution in [0.5, 0.6) is 0 Å². The summed E-state index contributed by atoms with van der Waals surface area (Å²) in [6.45, 7) is 4.80. The Morgan fingerprint density at radius 2 is 1.96 bits per heavy atom. The molecule has 3 saturated heterocycles. The van der Waals surface area contributed by atoms with Crippen molar-refractivity contribution in [1.82, 2.24) is 14.6 Å². The largest absolute Gasteiger partial charge is 0.348 e. The fourth-order valence-electron chi connectivity index (χ4n) is 3.71. The second-order valence-corrected chi connectivity index (χ2v) is 8.95. The van der Waals surface area contributed by atoms with E-state index in [4.69, 9.17) is 0 Å². The lowest BCUT2D eigenvalue weighted by atomic mass is 9.84. The van der Waals surface area contributed by atoms with Gasteiger partial charge in [0.15, 0.2) is 0 Å². The first-order valence-corrected chi connectivity index (χ1v) is 10.7. The van der Waals surface area contributed by atoms with Gasteiger partial charge in [-0.3, -0.25) is 9.59 Å². The Balaban J connectivity index is 1.35. The highest BCUT2D eigenvalue weighted by molar-refractivity contribution is 7.99. The second kappa shape index (κ2) is 8.00. The molecule has 1 atom stereocenters. The highest BCUT2D eigenvalue weighted by atomic mass is 32.2. The summed E-state index contributed by atoms with van der Waals surface area (Å²) in [5.74, 6) is 0.525. The van der Waals surface area contributed by atoms with E-state index in [1.165, 1.54) is 56.1 Å². The molecule has 0 saturated carbocycles. The fraction of sp³-hybridized carbons (Fsp3) is 0.421. The van der Waals surface area contributed by atoms with Crippen LogP contribution in [0.25, 0.3) is 0 Å². The molecule has 0 aliphatic carbocycles. The van der Waals surface area contributed by atoms with E-state index < -0.39 is 0 Å². The molecule has 3 aliphatic heterocycles. The number of hydrogen-bond acceptors (Lipinski definition) is 6. The number of nitrogens with zero attached hydrogens (tertiary/aromatic N) is 2. The number of amides is 2. The van der Waals surface area contributed by atoms with Crippen LogP contribution in [-0.2, 0) is 4.79 Å². The van der Waals surface area contributed by atoms with Gasteiger partial charge in [0, 0.05) is 36.0 Å². The molecule has 1 aromatic carbocycles. The highest BCUT2D eigenvalue weighted by Crippen LogP contribution is 2.31. The molecule has 2 N–H and O–H groups in total. The Morgan fingerprint density at radius 3 is 2.59 bits per heavy atom. The van der Waals surface area contributed by atoms with Crippen molar-refractivity contribution in [2.75, 3.05) is 25.0 Å². The molecule has 6 nitrogen and oxygen atoms in total. The Morgan fingerprint density at radius 1 is 1.22 bits per heavy atom. The molecular formula is C19H22N4O2S2. The Hall–Kier alpha value is -1.90. The minimum atomic E-state index is -0.103. The quantitative estimate of drug-likeness (QED) is 0.804. The predicted molar refractivity (Wildman–Crippen MR) is 107 cm³/mol. The van der Waals surface area contributed by atoms with E-state index in [0.29, 0.717) is 11.5 Å². The molecule has 0 spiro atoms. The number of anilines is 1. The van der Waals surface area contributed by atoms with Crippen LogP contribution >= 0.6 is 23.3 Å². The monoisotopic (exact) mass is 402 g/mol. The van der Waals surface area contributed by atoms with Crippen LogP contribution in [0.3, 0.4) is 0 Å². The molecule has 142 valence electrons. The molecule has 0 unspecified atom stereocenters. The van der Waals surface area contributed by atoms with Gasteiger partial charge >= 0.3 is 0 Å². The summed E-state index contributed by atoms with van der Waals surface area (Å²) in [7, 11) is 0. The van der Waals surface area contributed by atoms with Crippen molar-refractivity contribution in [2.45, 2.75) is 35.7 Å². The third kappa shape index (κ3) is 4.51. The lowest BCUT2D eigenvalue weighted by molar-refractivity contribution is -0.114. The van der Waals surface area contributed by atoms with E-state index in [9.17, 15) is 9.59 Å². The number of carbonyl (C=O) groups is 2. The maximum atomic E-state index is 12.6. The molecule has 5 rings (SSSR count). The van der Waals surface area contributed by atoms with E-state index in [2.05, 4.69) is 19.9 Å². The summed E-state index contributed by atoms with van der Waals surface area (Å²) in [5, 5.41) is 7.51. The summed E-state index contributed by atoms with van der Waals surface area (Å²) in [6.07, 6.45) is 2.38. The van der Waals surface area contributed by atoms with Gasteiger partial charge in [-0.2, -0.15) is 4.37 Å². The fourth-order valence-corrected chi connectivity index (χ4v) is 5.34. The predicted octanol–water partition coefficient (Wildman–Crippen LogP) is 3.08. The number of nitrogens with one attached hydrogen (secondary N) is 2. The van der Waals surface area contributed by atoms with Crippen LogP contribution in [-0.4, -0.2) is 46.8 Å². The van der Waals surface area contributed by atoms with Crippen LogP contribution in [0.4, 0.5) is 5.00 Å². The van der Waals surface area contributed by atoms with E-state index >= 15 is 0 Å². The van der Waals surface area contributed by atoms with Crippen molar-refractivity contribution in [3.05, 3.63) is 35.9 Å². The molecule has 1 aromatic heterocycles. The first-order valence-electron chi connectivity index (χ1n) is 9.12. The van der Waals surface area contributed by atoms with E-state index in [0.717, 1.165) is 21.5 Å². The summed E-state index contributed by atoms with van der Waals surface area (Å²) in [4.78, 5) is 27.1. The van der Waals surface area contributed by atoms with Crippen molar-refractivity contribution < 1.29 is 9.59 Å². The number of fused-ring (bicyclic) bond motifs is 3. The van der Waals surface area contributed by atoms with Crippen LogP contribution in [0, 0.1) is 5.92 Å². The van der Waals surface area contributed by atoms with Gasteiger partial charge in [0.2, 0.25) is 5.91 Å². The summed E-state index contributed by atoms with van der Waals surface area (Å²) < 4.78 is 4.33. The van der Waals surface area contributed by atoms with Gasteiger partial charge in [0.25, 0.3) is 5.91 Å². The normalized spacial score (nSPS) is 23.8. The molecule has 27 heavy (non-hydrogen) atoms. The van der Waals surface area contributed by atoms with Gasteiger partial charge in [-0.15, -0.1) is 0 Å². The maximum absolute atomic E-state index is 12.6. The van der Waals surface area contributed by atoms with Gasteiger partial charge in [0.05, 0.1) is 0 Å². The molecular weight excluding hydrogens is 380 g/mol. The molecule has 0 radical (unpaired) electrons. The van der Waals surface area contributed by atoms with Gasteiger partial charge in [-0.25, -0.2) is 0 Å². The number of aromatic nitrogens is 1. The summed E-state index contributed by atoms with van der Waals surface area (Å²) >= 11 is 2.77. The van der Waals surface area contributed by atoms with Crippen molar-refractivity contribution in [2.24, 2.45) is 5.92 Å². The second-order valence-electron chi connectivity index (χ2n) is 7.06. The van der Waals surface area contributed by atoms with Crippen LogP contribution < -0.4 is 10.6 Å². The Kier molecular flexibility index (Phi) is 5.47. The summed E-state index contributed by atoms with van der Waals surface area (Å²) in [5.41, 5.74) is 0.688. The van der Waals surface area contributed by atoms with Gasteiger partial charge in [-0.1, -0.05) is 11.8 Å². The Labute approximate surface area is 166 Å². The highest BCUT2D eigenvalue weighted by Gasteiger charge is 2.34. The smallest absolute Gasteiger partial charge is 0.251 e. The van der Waals surface area contributed by atoms with Crippen molar-refractivity contribution in [3.63, 3.8) is 0 Å². The molecule has 3 fully saturated rings. The standard InChI is InChI=1S/C19H22N4O2S2/c1-12(24)20-17-10-18(22-27-17)26-15-4-2-14(3-5-15)19(25)21-16-11-23-8-6-13(16)7-9-23/h2-5,10,13,16H,6-9,11H2,1H3,(H,20,24)(H,21,25)/t16-/m0/s1. The van der Waals surface area contributed by atoms with Gasteiger partial charge in [-0.05, 0) is 67.6 Å². The van der Waals surface area contributed by atoms with Crippen LogP contribution in [0.2, 0.25) is 0 Å². The zero-order valence-electron chi connectivity index (χ0n) is 15.1. The molecule has 8 heteroatoms. The number of piperidine rings is 3. The van der Waals surface area contributed by atoms with Gasteiger partial charge < -0.3 is 15.5 Å². The molecule has 2 amide bonds. The molecule has 2 aromatic rings. The zero-order valence-corrected chi connectivity index (χ0v) is 16.7. The summed E-state index contributed by atoms with van der Waals surface area (Å²) in [6, 6.07) is 9.72. The lowest BCUT2D eigenvalue weighted by Gasteiger charge is -2.44. The van der Waals surface area contributed by atoms with Crippen LogP contribution in [0.1, 0.15) is 30.1 Å². The number of benzene rings is 1. The maximum Gasteiger partial charge on any atom is 0.251 e. The van der Waals surface area contributed by atoms with E-state index in [-0.39, 0.29) is 17.9 Å². The van der Waals surface area contributed by atoms with E-state index in [1.807, 2.05) is 30.3 Å². The number of rotatable bonds is 5. The minimum Gasteiger partial charge on any atom is -0.348 e. The number of carbonyl (C=O) groups excluding carboxylic acids is 2.